The van der Waals surface area contributed by atoms with Crippen LogP contribution in [0.4, 0.5) is 5.69 Å². The number of aromatic nitrogens is 3. The first kappa shape index (κ1) is 23.5. The normalized spacial score (nSPS) is 11.2. The highest BCUT2D eigenvalue weighted by Gasteiger charge is 2.20. The summed E-state index contributed by atoms with van der Waals surface area (Å²) in [5.41, 5.74) is 1.75. The van der Waals surface area contributed by atoms with Gasteiger partial charge in [0.05, 0.1) is 23.3 Å². The Hall–Kier alpha value is -3.18. The molecule has 1 N–H and O–H groups in total. The Morgan fingerprint density at radius 2 is 1.84 bits per heavy atom. The molecule has 0 atom stereocenters. The molecule has 1 aromatic heterocycles. The average Bonchev–Trinajstić information content (AvgIpc) is 3.10. The summed E-state index contributed by atoms with van der Waals surface area (Å²) in [5.74, 6) is -0.804. The van der Waals surface area contributed by atoms with E-state index in [1.165, 1.54) is 13.2 Å². The number of aryl methyl sites for hydroxylation is 1. The Bertz CT molecular complexity index is 1240. The lowest BCUT2D eigenvalue weighted by Gasteiger charge is -2.07. The van der Waals surface area contributed by atoms with Gasteiger partial charge in [-0.1, -0.05) is 35.5 Å². The van der Waals surface area contributed by atoms with Gasteiger partial charge in [-0.3, -0.25) is 4.79 Å². The molecule has 1 amide bonds. The molecule has 1 heterocycles. The molecule has 0 unspecified atom stereocenters. The first-order valence-corrected chi connectivity index (χ1v) is 12.1. The van der Waals surface area contributed by atoms with Gasteiger partial charge >= 0.3 is 5.97 Å². The van der Waals surface area contributed by atoms with E-state index in [0.29, 0.717) is 16.4 Å². The minimum Gasteiger partial charge on any atom is -0.465 e. The van der Waals surface area contributed by atoms with Crippen LogP contribution in [-0.4, -0.2) is 47.9 Å². The van der Waals surface area contributed by atoms with Gasteiger partial charge in [-0.2, -0.15) is 0 Å². The van der Waals surface area contributed by atoms with E-state index in [1.54, 1.807) is 54.1 Å². The fourth-order valence-corrected chi connectivity index (χ4v) is 4.80. The fourth-order valence-electron chi connectivity index (χ4n) is 2.76. The number of esters is 1. The third kappa shape index (κ3) is 5.74. The van der Waals surface area contributed by atoms with E-state index in [0.717, 1.165) is 17.3 Å². The van der Waals surface area contributed by atoms with Crippen molar-refractivity contribution in [2.45, 2.75) is 22.7 Å². The molecule has 11 heteroatoms. The number of carbonyl (C=O) groups excluding carboxylic acids is 2. The zero-order valence-corrected chi connectivity index (χ0v) is 19.4. The predicted molar refractivity (Wildman–Crippen MR) is 120 cm³/mol. The number of methoxy groups -OCH3 is 1. The summed E-state index contributed by atoms with van der Waals surface area (Å²) in [6, 6.07) is 13.0. The zero-order valence-electron chi connectivity index (χ0n) is 17.7. The molecular weight excluding hydrogens is 452 g/mol. The fraction of sp³-hybridized carbons (Fsp3) is 0.238. The maximum absolute atomic E-state index is 12.7. The number of nitrogens with zero attached hydrogens (tertiary/aromatic N) is 3. The molecule has 3 aromatic rings. The van der Waals surface area contributed by atoms with Crippen molar-refractivity contribution < 1.29 is 22.7 Å². The van der Waals surface area contributed by atoms with Crippen molar-refractivity contribution in [1.29, 1.82) is 0 Å². The number of thioether (sulfide) groups is 1. The molecular formula is C21H22N4O5S2. The van der Waals surface area contributed by atoms with Crippen molar-refractivity contribution in [3.05, 3.63) is 65.5 Å². The van der Waals surface area contributed by atoms with Crippen molar-refractivity contribution in [2.24, 2.45) is 7.05 Å². The van der Waals surface area contributed by atoms with E-state index in [4.69, 9.17) is 0 Å². The van der Waals surface area contributed by atoms with Crippen molar-refractivity contribution >= 4 is 39.2 Å². The molecule has 0 fully saturated rings. The average molecular weight is 475 g/mol. The zero-order chi connectivity index (χ0) is 23.3. The molecule has 0 saturated heterocycles. The Labute approximate surface area is 190 Å². The van der Waals surface area contributed by atoms with Crippen LogP contribution >= 0.6 is 11.8 Å². The second kappa shape index (κ2) is 9.96. The number of rotatable bonds is 8. The molecule has 0 aliphatic heterocycles. The van der Waals surface area contributed by atoms with E-state index in [2.05, 4.69) is 20.3 Å². The molecule has 0 saturated carbocycles. The maximum Gasteiger partial charge on any atom is 0.337 e. The monoisotopic (exact) mass is 474 g/mol. The Morgan fingerprint density at radius 1 is 1.12 bits per heavy atom. The summed E-state index contributed by atoms with van der Waals surface area (Å²) in [7, 11) is -0.638. The van der Waals surface area contributed by atoms with Crippen molar-refractivity contribution in [2.75, 3.05) is 18.2 Å². The lowest BCUT2D eigenvalue weighted by Crippen LogP contribution is -2.15. The van der Waals surface area contributed by atoms with Crippen LogP contribution in [0.25, 0.3) is 0 Å². The largest absolute Gasteiger partial charge is 0.465 e. The number of nitrogens with one attached hydrogen (secondary N) is 1. The topological polar surface area (TPSA) is 120 Å². The van der Waals surface area contributed by atoms with Gasteiger partial charge in [-0.15, -0.1) is 10.2 Å². The highest BCUT2D eigenvalue weighted by molar-refractivity contribution is 7.99. The van der Waals surface area contributed by atoms with Crippen LogP contribution in [0, 0.1) is 6.92 Å². The standard InChI is InChI=1S/C21H22N4O5S2/c1-14-7-9-17(10-8-14)32(28,29)13-18-23-24-21(25(18)2)31-12-19(26)22-16-6-4-5-15(11-16)20(27)30-3/h4-11H,12-13H2,1-3H3,(H,22,26). The van der Waals surface area contributed by atoms with Crippen molar-refractivity contribution in [3.8, 4) is 0 Å². The highest BCUT2D eigenvalue weighted by Crippen LogP contribution is 2.20. The van der Waals surface area contributed by atoms with E-state index < -0.39 is 15.8 Å². The Balaban J connectivity index is 1.62. The SMILES string of the molecule is COC(=O)c1cccc(NC(=O)CSc2nnc(CS(=O)(=O)c3ccc(C)cc3)n2C)c1. The van der Waals surface area contributed by atoms with Gasteiger partial charge < -0.3 is 14.6 Å². The second-order valence-electron chi connectivity index (χ2n) is 6.94. The van der Waals surface area contributed by atoms with Crippen LogP contribution in [0.2, 0.25) is 0 Å². The summed E-state index contributed by atoms with van der Waals surface area (Å²) in [6.07, 6.45) is 0. The molecule has 0 spiro atoms. The third-order valence-corrected chi connectivity index (χ3v) is 7.17. The van der Waals surface area contributed by atoms with Gasteiger partial charge in [0.15, 0.2) is 15.0 Å². The quantitative estimate of drug-likeness (QED) is 0.391. The van der Waals surface area contributed by atoms with Gasteiger partial charge in [0.1, 0.15) is 11.6 Å². The lowest BCUT2D eigenvalue weighted by molar-refractivity contribution is -0.113. The van der Waals surface area contributed by atoms with Crippen LogP contribution in [-0.2, 0) is 32.2 Å². The minimum absolute atomic E-state index is 0.0269. The minimum atomic E-state index is -3.57. The third-order valence-electron chi connectivity index (χ3n) is 4.52. The van der Waals surface area contributed by atoms with Gasteiger partial charge in [0.25, 0.3) is 0 Å². The number of amides is 1. The van der Waals surface area contributed by atoms with Gasteiger partial charge in [-0.05, 0) is 37.3 Å². The molecule has 3 rings (SSSR count). The summed E-state index contributed by atoms with van der Waals surface area (Å²) in [4.78, 5) is 24.1. The molecule has 0 aliphatic rings. The number of anilines is 1. The number of hydrogen-bond acceptors (Lipinski definition) is 8. The maximum atomic E-state index is 12.7. The summed E-state index contributed by atoms with van der Waals surface area (Å²) in [6.45, 7) is 1.88. The summed E-state index contributed by atoms with van der Waals surface area (Å²) < 4.78 is 31.5. The summed E-state index contributed by atoms with van der Waals surface area (Å²) in [5, 5.41) is 11.1. The van der Waals surface area contributed by atoms with Gasteiger partial charge in [-0.25, -0.2) is 13.2 Å². The molecule has 0 aliphatic carbocycles. The van der Waals surface area contributed by atoms with Gasteiger partial charge in [0.2, 0.25) is 5.91 Å². The highest BCUT2D eigenvalue weighted by atomic mass is 32.2. The van der Waals surface area contributed by atoms with Gasteiger partial charge in [0, 0.05) is 12.7 Å². The Morgan fingerprint density at radius 3 is 2.53 bits per heavy atom. The van der Waals surface area contributed by atoms with Crippen LogP contribution < -0.4 is 5.32 Å². The number of sulfone groups is 1. The van der Waals surface area contributed by atoms with E-state index >= 15 is 0 Å². The molecule has 0 radical (unpaired) electrons. The lowest BCUT2D eigenvalue weighted by atomic mass is 10.2. The number of benzene rings is 2. The first-order valence-electron chi connectivity index (χ1n) is 9.48. The summed E-state index contributed by atoms with van der Waals surface area (Å²) >= 11 is 1.12. The number of ether oxygens (including phenoxy) is 1. The molecule has 9 nitrogen and oxygen atoms in total. The molecule has 32 heavy (non-hydrogen) atoms. The number of hydrogen-bond donors (Lipinski definition) is 1. The van der Waals surface area contributed by atoms with E-state index in [1.807, 2.05) is 6.92 Å². The van der Waals surface area contributed by atoms with E-state index in [-0.39, 0.29) is 28.1 Å². The molecule has 168 valence electrons. The first-order chi connectivity index (χ1) is 15.2. The van der Waals surface area contributed by atoms with Crippen LogP contribution in [0.1, 0.15) is 21.7 Å². The van der Waals surface area contributed by atoms with Crippen LogP contribution in [0.5, 0.6) is 0 Å². The molecule has 0 bridgehead atoms. The van der Waals surface area contributed by atoms with Crippen molar-refractivity contribution in [1.82, 2.24) is 14.8 Å². The van der Waals surface area contributed by atoms with E-state index in [9.17, 15) is 18.0 Å². The van der Waals surface area contributed by atoms with Crippen LogP contribution in [0.3, 0.4) is 0 Å². The smallest absolute Gasteiger partial charge is 0.337 e. The molecule has 2 aromatic carbocycles. The predicted octanol–water partition coefficient (Wildman–Crippen LogP) is 2.61. The van der Waals surface area contributed by atoms with Crippen LogP contribution in [0.15, 0.2) is 58.6 Å². The second-order valence-corrected chi connectivity index (χ2v) is 9.87. The number of carbonyl (C=O) groups is 2. The van der Waals surface area contributed by atoms with Crippen molar-refractivity contribution in [3.63, 3.8) is 0 Å². The Kier molecular flexibility index (Phi) is 7.31.